The second-order valence-electron chi connectivity index (χ2n) is 5.02. The van der Waals surface area contributed by atoms with Gasteiger partial charge in [-0.25, -0.2) is 0 Å². The molecule has 0 spiro atoms. The fourth-order valence-electron chi connectivity index (χ4n) is 1.81. The number of hydrogen-bond acceptors (Lipinski definition) is 2. The van der Waals surface area contributed by atoms with Crippen LogP contribution in [-0.2, 0) is 18.4 Å². The third kappa shape index (κ3) is 3.22. The quantitative estimate of drug-likeness (QED) is 0.831. The highest BCUT2D eigenvalue weighted by molar-refractivity contribution is 5.59. The van der Waals surface area contributed by atoms with E-state index in [9.17, 15) is 8.78 Å². The van der Waals surface area contributed by atoms with Gasteiger partial charge in [0.15, 0.2) is 0 Å². The van der Waals surface area contributed by atoms with Crippen molar-refractivity contribution in [2.75, 3.05) is 0 Å². The largest absolute Gasteiger partial charge is 0.358 e. The Morgan fingerprint density at radius 2 is 1.90 bits per heavy atom. The summed E-state index contributed by atoms with van der Waals surface area (Å²) in [7, 11) is 1.78. The van der Waals surface area contributed by atoms with Crippen molar-refractivity contribution in [3.63, 3.8) is 0 Å². The molecule has 1 heterocycles. The van der Waals surface area contributed by atoms with Crippen LogP contribution in [0.1, 0.15) is 19.5 Å². The lowest BCUT2D eigenvalue weighted by atomic mass is 10.1. The SMILES string of the molecule is CC(C)C(F)(F)OCc1cc(-c2ccccc2)n(C)n1. The minimum Gasteiger partial charge on any atom is -0.314 e. The average molecular weight is 280 g/mol. The Hall–Kier alpha value is -1.75. The maximum absolute atomic E-state index is 13.4. The maximum atomic E-state index is 13.4. The lowest BCUT2D eigenvalue weighted by Gasteiger charge is -2.19. The zero-order chi connectivity index (χ0) is 14.8. The predicted octanol–water partition coefficient (Wildman–Crippen LogP) is 3.85. The molecule has 0 saturated carbocycles. The average Bonchev–Trinajstić information content (AvgIpc) is 2.79. The summed E-state index contributed by atoms with van der Waals surface area (Å²) in [6.45, 7) is 2.65. The first-order valence-electron chi connectivity index (χ1n) is 6.50. The van der Waals surface area contributed by atoms with Crippen molar-refractivity contribution < 1.29 is 13.5 Å². The van der Waals surface area contributed by atoms with E-state index in [1.54, 1.807) is 17.8 Å². The second kappa shape index (κ2) is 5.71. The van der Waals surface area contributed by atoms with Crippen LogP contribution in [0.4, 0.5) is 8.78 Å². The topological polar surface area (TPSA) is 27.1 Å². The van der Waals surface area contributed by atoms with Crippen molar-refractivity contribution in [2.45, 2.75) is 26.6 Å². The van der Waals surface area contributed by atoms with Crippen molar-refractivity contribution in [2.24, 2.45) is 13.0 Å². The highest BCUT2D eigenvalue weighted by Gasteiger charge is 2.34. The Bertz CT molecular complexity index is 565. The van der Waals surface area contributed by atoms with E-state index in [4.69, 9.17) is 0 Å². The molecule has 0 unspecified atom stereocenters. The number of alkyl halides is 2. The van der Waals surface area contributed by atoms with Crippen LogP contribution in [0.2, 0.25) is 0 Å². The molecule has 0 bridgehead atoms. The van der Waals surface area contributed by atoms with E-state index in [-0.39, 0.29) is 6.61 Å². The molecule has 1 aromatic carbocycles. The second-order valence-corrected chi connectivity index (χ2v) is 5.02. The first-order valence-corrected chi connectivity index (χ1v) is 6.50. The van der Waals surface area contributed by atoms with Crippen molar-refractivity contribution in [1.82, 2.24) is 9.78 Å². The maximum Gasteiger partial charge on any atom is 0.358 e. The predicted molar refractivity (Wildman–Crippen MR) is 73.2 cm³/mol. The van der Waals surface area contributed by atoms with Crippen LogP contribution in [0.25, 0.3) is 11.3 Å². The number of benzene rings is 1. The van der Waals surface area contributed by atoms with Crippen LogP contribution in [0, 0.1) is 5.92 Å². The molecule has 5 heteroatoms. The first kappa shape index (κ1) is 14.7. The molecule has 3 nitrogen and oxygen atoms in total. The Balaban J connectivity index is 2.13. The number of halogens is 2. The molecule has 1 aromatic heterocycles. The van der Waals surface area contributed by atoms with E-state index < -0.39 is 12.0 Å². The van der Waals surface area contributed by atoms with Crippen LogP contribution >= 0.6 is 0 Å². The van der Waals surface area contributed by atoms with Crippen LogP contribution in [0.5, 0.6) is 0 Å². The van der Waals surface area contributed by atoms with E-state index in [1.165, 1.54) is 13.8 Å². The number of nitrogens with zero attached hydrogens (tertiary/aromatic N) is 2. The van der Waals surface area contributed by atoms with Crippen molar-refractivity contribution in [3.05, 3.63) is 42.1 Å². The number of aryl methyl sites for hydroxylation is 1. The van der Waals surface area contributed by atoms with Gasteiger partial charge in [0.2, 0.25) is 0 Å². The molecular weight excluding hydrogens is 262 g/mol. The standard InChI is InChI=1S/C15H18F2N2O/c1-11(2)15(16,17)20-10-13-9-14(19(3)18-13)12-7-5-4-6-8-12/h4-9,11H,10H2,1-3H3. The van der Waals surface area contributed by atoms with E-state index in [2.05, 4.69) is 9.84 Å². The number of aromatic nitrogens is 2. The van der Waals surface area contributed by atoms with E-state index >= 15 is 0 Å². The van der Waals surface area contributed by atoms with Crippen LogP contribution in [0.3, 0.4) is 0 Å². The molecular formula is C15H18F2N2O. The van der Waals surface area contributed by atoms with E-state index in [0.717, 1.165) is 11.3 Å². The Kier molecular flexibility index (Phi) is 4.18. The molecule has 0 amide bonds. The first-order chi connectivity index (χ1) is 9.40. The molecule has 0 aliphatic rings. The summed E-state index contributed by atoms with van der Waals surface area (Å²) in [4.78, 5) is 0. The smallest absolute Gasteiger partial charge is 0.314 e. The normalized spacial score (nSPS) is 12.1. The molecule has 0 saturated heterocycles. The van der Waals surface area contributed by atoms with E-state index in [0.29, 0.717) is 5.69 Å². The molecule has 108 valence electrons. The fraction of sp³-hybridized carbons (Fsp3) is 0.400. The highest BCUT2D eigenvalue weighted by Crippen LogP contribution is 2.27. The Labute approximate surface area is 117 Å². The van der Waals surface area contributed by atoms with Crippen LogP contribution < -0.4 is 0 Å². The minimum absolute atomic E-state index is 0.203. The van der Waals surface area contributed by atoms with Crippen molar-refractivity contribution in [1.29, 1.82) is 0 Å². The summed E-state index contributed by atoms with van der Waals surface area (Å²) in [5.74, 6) is -0.861. The van der Waals surface area contributed by atoms with Gasteiger partial charge in [-0.1, -0.05) is 44.2 Å². The Morgan fingerprint density at radius 1 is 1.25 bits per heavy atom. The van der Waals surface area contributed by atoms with E-state index in [1.807, 2.05) is 30.3 Å². The van der Waals surface area contributed by atoms with Gasteiger partial charge < -0.3 is 4.74 Å². The number of hydrogen-bond donors (Lipinski definition) is 0. The lowest BCUT2D eigenvalue weighted by Crippen LogP contribution is -2.27. The summed E-state index contributed by atoms with van der Waals surface area (Å²) < 4.78 is 33.2. The highest BCUT2D eigenvalue weighted by atomic mass is 19.3. The third-order valence-corrected chi connectivity index (χ3v) is 3.08. The number of rotatable bonds is 5. The molecule has 0 radical (unpaired) electrons. The Morgan fingerprint density at radius 3 is 2.50 bits per heavy atom. The molecule has 20 heavy (non-hydrogen) atoms. The van der Waals surface area contributed by atoms with Crippen LogP contribution in [-0.4, -0.2) is 15.9 Å². The summed E-state index contributed by atoms with van der Waals surface area (Å²) in [5, 5.41) is 4.21. The van der Waals surface area contributed by atoms with Gasteiger partial charge in [0.25, 0.3) is 0 Å². The van der Waals surface area contributed by atoms with Gasteiger partial charge in [-0.05, 0) is 11.6 Å². The summed E-state index contributed by atoms with van der Waals surface area (Å²) in [5.41, 5.74) is 2.35. The third-order valence-electron chi connectivity index (χ3n) is 3.08. The van der Waals surface area contributed by atoms with Gasteiger partial charge >= 0.3 is 6.11 Å². The van der Waals surface area contributed by atoms with Gasteiger partial charge in [0, 0.05) is 13.0 Å². The monoisotopic (exact) mass is 280 g/mol. The lowest BCUT2D eigenvalue weighted by molar-refractivity contribution is -0.271. The van der Waals surface area contributed by atoms with Gasteiger partial charge in [0.05, 0.1) is 18.0 Å². The molecule has 0 aliphatic carbocycles. The van der Waals surface area contributed by atoms with Gasteiger partial charge in [0.1, 0.15) is 0 Å². The molecule has 2 rings (SSSR count). The van der Waals surface area contributed by atoms with Gasteiger partial charge in [-0.15, -0.1) is 0 Å². The summed E-state index contributed by atoms with van der Waals surface area (Å²) in [6, 6.07) is 11.4. The van der Waals surface area contributed by atoms with Crippen molar-refractivity contribution in [3.8, 4) is 11.3 Å². The summed E-state index contributed by atoms with van der Waals surface area (Å²) in [6.07, 6.45) is -3.13. The van der Waals surface area contributed by atoms with Gasteiger partial charge in [-0.2, -0.15) is 13.9 Å². The fourth-order valence-corrected chi connectivity index (χ4v) is 1.81. The summed E-state index contributed by atoms with van der Waals surface area (Å²) >= 11 is 0. The molecule has 0 aliphatic heterocycles. The number of ether oxygens (including phenoxy) is 1. The molecule has 0 N–H and O–H groups in total. The zero-order valence-corrected chi connectivity index (χ0v) is 11.8. The van der Waals surface area contributed by atoms with Gasteiger partial charge in [-0.3, -0.25) is 4.68 Å². The zero-order valence-electron chi connectivity index (χ0n) is 11.8. The molecule has 0 atom stereocenters. The van der Waals surface area contributed by atoms with Crippen LogP contribution in [0.15, 0.2) is 36.4 Å². The molecule has 0 fully saturated rings. The van der Waals surface area contributed by atoms with Crippen molar-refractivity contribution >= 4 is 0 Å². The minimum atomic E-state index is -3.13. The molecule has 2 aromatic rings.